The third-order valence-electron chi connectivity index (χ3n) is 7.20. The monoisotopic (exact) mass is 583 g/mol. The molecule has 0 N–H and O–H groups in total. The molecule has 0 spiro atoms. The zero-order valence-corrected chi connectivity index (χ0v) is 22.1. The minimum absolute atomic E-state index is 0.183. The van der Waals surface area contributed by atoms with E-state index in [1.807, 2.05) is 0 Å². The van der Waals surface area contributed by atoms with Crippen LogP contribution in [0.15, 0.2) is 169 Å². The molecule has 0 bridgehead atoms. The molecule has 0 aromatic heterocycles. The van der Waals surface area contributed by atoms with Crippen molar-refractivity contribution in [2.75, 3.05) is 0 Å². The Labute approximate surface area is 294 Å². The van der Waals surface area contributed by atoms with Gasteiger partial charge in [-0.15, -0.1) is 0 Å². The van der Waals surface area contributed by atoms with Gasteiger partial charge in [0.1, 0.15) is 0 Å². The van der Waals surface area contributed by atoms with Crippen LogP contribution in [0, 0.1) is 0 Å². The van der Waals surface area contributed by atoms with E-state index < -0.39 is 234 Å². The molecule has 0 atom stereocenters. The minimum Gasteiger partial charge on any atom is -0.0616 e. The van der Waals surface area contributed by atoms with Gasteiger partial charge in [-0.3, -0.25) is 0 Å². The van der Waals surface area contributed by atoms with Gasteiger partial charge in [0.2, 0.25) is 0 Å². The lowest BCUT2D eigenvalue weighted by molar-refractivity contribution is 1.63. The van der Waals surface area contributed by atoms with E-state index in [9.17, 15) is 13.7 Å². The van der Waals surface area contributed by atoms with E-state index in [0.717, 1.165) is 6.07 Å². The lowest BCUT2D eigenvalue weighted by Gasteiger charge is -2.19. The fourth-order valence-electron chi connectivity index (χ4n) is 5.28. The van der Waals surface area contributed by atoms with Crippen molar-refractivity contribution in [3.05, 3.63) is 169 Å². The van der Waals surface area contributed by atoms with Crippen LogP contribution in [0.25, 0.3) is 87.2 Å². The molecule has 9 rings (SSSR count). The maximum atomic E-state index is 9.54. The highest BCUT2D eigenvalue weighted by molar-refractivity contribution is 6.23. The van der Waals surface area contributed by atoms with Crippen LogP contribution >= 0.6 is 0 Å². The van der Waals surface area contributed by atoms with Crippen LogP contribution in [0.2, 0.25) is 0 Å². The summed E-state index contributed by atoms with van der Waals surface area (Å²) in [4.78, 5) is 0. The van der Waals surface area contributed by atoms with Crippen LogP contribution < -0.4 is 0 Å². The average molecular weight is 584 g/mol. The molecular formula is C44H28. The average Bonchev–Trinajstić information content (AvgIpc) is 3.33. The summed E-state index contributed by atoms with van der Waals surface area (Å²) >= 11 is 0. The van der Waals surface area contributed by atoms with Gasteiger partial charge < -0.3 is 0 Å². The highest BCUT2D eigenvalue weighted by Crippen LogP contribution is 2.45. The van der Waals surface area contributed by atoms with E-state index in [0.29, 0.717) is 0 Å². The lowest BCUT2D eigenvalue weighted by Crippen LogP contribution is -1.91. The highest BCUT2D eigenvalue weighted by Gasteiger charge is 2.17. The first-order valence-corrected chi connectivity index (χ1v) is 13.1. The third-order valence-corrected chi connectivity index (χ3v) is 7.20. The normalized spacial score (nSPS) is 20.2. The van der Waals surface area contributed by atoms with E-state index in [4.69, 9.17) is 23.3 Å². The summed E-state index contributed by atoms with van der Waals surface area (Å²) in [7, 11) is 0. The Morgan fingerprint density at radius 3 is 1.55 bits per heavy atom. The topological polar surface area (TPSA) is 0 Å². The number of hydrogen-bond donors (Lipinski definition) is 0. The summed E-state index contributed by atoms with van der Waals surface area (Å²) < 4.78 is 242. The zero-order valence-electron chi connectivity index (χ0n) is 49.1. The van der Waals surface area contributed by atoms with Gasteiger partial charge in [-0.1, -0.05) is 163 Å². The quantitative estimate of drug-likeness (QED) is 0.143. The Bertz CT molecular complexity index is 3950. The molecule has 0 radical (unpaired) electrons. The first-order chi connectivity index (χ1) is 33.1. The molecule has 0 saturated carbocycles. The smallest absolute Gasteiger partial charge is 0.0616 e. The second-order valence-corrected chi connectivity index (χ2v) is 9.58. The van der Waals surface area contributed by atoms with Gasteiger partial charge in [0.05, 0.1) is 37.0 Å². The SMILES string of the molecule is [2H]c1cc2c(c([2H])c1[2H])c([2H])c([2H])c1c([2H])c(-c3c([2H])c([2H])c(-c4c5c([2H])c([2H])c([2H])c([2H])c5c(-c5c([2H])c([2H])c([2H])c6c([2H])c([2H])c([2H])c([2H])c56)c5c([2H])c([2H])c([2H])c([2H])c45)c([2H])c3[2H])c([2H])c([2H])c12. The van der Waals surface area contributed by atoms with Crippen LogP contribution in [0.4, 0.5) is 0 Å². The molecule has 44 heavy (non-hydrogen) atoms. The van der Waals surface area contributed by atoms with Crippen LogP contribution in [0.1, 0.15) is 37.0 Å². The van der Waals surface area contributed by atoms with Crippen LogP contribution in [-0.2, 0) is 0 Å². The number of rotatable bonds is 3. The fraction of sp³-hybridized carbons (Fsp3) is 0. The fourth-order valence-corrected chi connectivity index (χ4v) is 5.28. The maximum Gasteiger partial charge on any atom is 0.0636 e. The van der Waals surface area contributed by atoms with Gasteiger partial charge in [0.25, 0.3) is 0 Å². The molecule has 0 aliphatic carbocycles. The molecule has 9 aromatic carbocycles. The van der Waals surface area contributed by atoms with Gasteiger partial charge in [-0.05, 0) is 93.3 Å². The van der Waals surface area contributed by atoms with E-state index in [2.05, 4.69) is 0 Å². The summed E-state index contributed by atoms with van der Waals surface area (Å²) in [6, 6.07) is -23.0. The first kappa shape index (κ1) is 9.91. The molecule has 0 heterocycles. The molecule has 0 fully saturated rings. The van der Waals surface area contributed by atoms with Crippen molar-refractivity contribution in [3.8, 4) is 33.4 Å². The number of fused-ring (bicyclic) bond motifs is 6. The van der Waals surface area contributed by atoms with Crippen molar-refractivity contribution < 1.29 is 37.0 Å². The van der Waals surface area contributed by atoms with Crippen molar-refractivity contribution in [2.24, 2.45) is 0 Å². The Hall–Kier alpha value is -5.72. The molecule has 0 unspecified atom stereocenters. The first-order valence-electron chi connectivity index (χ1n) is 26.6. The summed E-state index contributed by atoms with van der Waals surface area (Å²) in [5.74, 6) is 0. The van der Waals surface area contributed by atoms with E-state index in [1.54, 1.807) is 0 Å². The highest BCUT2D eigenvalue weighted by atomic mass is 14.2. The number of benzene rings is 9. The second kappa shape index (κ2) is 9.93. The van der Waals surface area contributed by atoms with Crippen LogP contribution in [0.3, 0.4) is 0 Å². The molecule has 0 saturated heterocycles. The van der Waals surface area contributed by atoms with Gasteiger partial charge in [-0.2, -0.15) is 0 Å². The van der Waals surface area contributed by atoms with Gasteiger partial charge in [0.15, 0.2) is 0 Å². The Morgan fingerprint density at radius 1 is 0.295 bits per heavy atom. The Kier molecular flexibility index (Phi) is 2.24. The summed E-state index contributed by atoms with van der Waals surface area (Å²) in [6.07, 6.45) is 0. The van der Waals surface area contributed by atoms with Crippen molar-refractivity contribution in [3.63, 3.8) is 0 Å². The third kappa shape index (κ3) is 3.85. The molecule has 0 amide bonds. The van der Waals surface area contributed by atoms with E-state index >= 15 is 0 Å². The predicted molar refractivity (Wildman–Crippen MR) is 190 cm³/mol. The minimum atomic E-state index is -1.08. The van der Waals surface area contributed by atoms with E-state index in [1.165, 1.54) is 0 Å². The van der Waals surface area contributed by atoms with E-state index in [-0.39, 0.29) is 16.2 Å². The second-order valence-electron chi connectivity index (χ2n) is 9.58. The van der Waals surface area contributed by atoms with Crippen molar-refractivity contribution in [2.45, 2.75) is 0 Å². The molecule has 0 nitrogen and oxygen atoms in total. The molecule has 0 heteroatoms. The van der Waals surface area contributed by atoms with Gasteiger partial charge in [-0.25, -0.2) is 0 Å². The maximum absolute atomic E-state index is 9.54. The van der Waals surface area contributed by atoms with Crippen molar-refractivity contribution >= 4 is 53.9 Å². The van der Waals surface area contributed by atoms with Crippen LogP contribution in [0.5, 0.6) is 0 Å². The summed E-state index contributed by atoms with van der Waals surface area (Å²) in [5.41, 5.74) is -4.55. The predicted octanol–water partition coefficient (Wildman–Crippen LogP) is 12.5. The van der Waals surface area contributed by atoms with Crippen molar-refractivity contribution in [1.82, 2.24) is 0 Å². The summed E-state index contributed by atoms with van der Waals surface area (Å²) in [6.45, 7) is 0. The van der Waals surface area contributed by atoms with Crippen LogP contribution in [-0.4, -0.2) is 0 Å². The molecule has 0 aliphatic rings. The summed E-state index contributed by atoms with van der Waals surface area (Å²) in [5, 5.41) is -5.50. The molecule has 9 aromatic rings. The number of hydrogen-bond acceptors (Lipinski definition) is 0. The Morgan fingerprint density at radius 2 is 0.818 bits per heavy atom. The zero-order chi connectivity index (χ0) is 52.5. The Balaban J connectivity index is 1.53. The molecule has 0 aliphatic heterocycles. The van der Waals surface area contributed by atoms with Gasteiger partial charge in [0, 0.05) is 0 Å². The molecule has 204 valence electrons. The largest absolute Gasteiger partial charge is 0.0636 e. The lowest BCUT2D eigenvalue weighted by atomic mass is 9.84. The standard InChI is InChI=1S/C44H28/c1-4-14-36-30(10-1)12-9-19-38(36)44-41-17-7-5-15-39(41)43(40-16-6-8-18-42(40)44)32-23-20-29(21-24-32)33-26-27-37-34(28-33)25-22-31-11-2-3-13-35(31)37/h1-28H/i1D,2D,3D,4D,5D,6D,7D,8D,9D,10D,11D,12D,14D,15D,16D,17D,18D,19D,20D,21D,22D,23D,24D,25D,26D,27D,28D. The molecular weight excluding hydrogens is 528 g/mol. The van der Waals surface area contributed by atoms with Crippen molar-refractivity contribution in [1.29, 1.82) is 0 Å². The van der Waals surface area contributed by atoms with Gasteiger partial charge >= 0.3 is 0 Å².